The van der Waals surface area contributed by atoms with Gasteiger partial charge in [-0.25, -0.2) is 9.59 Å². The van der Waals surface area contributed by atoms with E-state index >= 15 is 0 Å². The van der Waals surface area contributed by atoms with Crippen LogP contribution < -0.4 is 10.6 Å². The molecule has 6 nitrogen and oxygen atoms in total. The molecular weight excluding hydrogens is 296 g/mol. The van der Waals surface area contributed by atoms with E-state index in [1.165, 1.54) is 18.2 Å². The molecule has 0 aliphatic rings. The van der Waals surface area contributed by atoms with Crippen molar-refractivity contribution in [3.05, 3.63) is 53.1 Å². The van der Waals surface area contributed by atoms with Gasteiger partial charge in [-0.05, 0) is 36.4 Å². The number of para-hydroxylation sites is 1. The van der Waals surface area contributed by atoms with Gasteiger partial charge in [0.1, 0.15) is 5.56 Å². The van der Waals surface area contributed by atoms with Crippen LogP contribution in [0.3, 0.4) is 0 Å². The monoisotopic (exact) mass is 306 g/mol. The number of hydrogen-bond donors (Lipinski definition) is 4. The minimum atomic E-state index is -1.28. The highest BCUT2D eigenvalue weighted by atomic mass is 35.5. The van der Waals surface area contributed by atoms with Crippen LogP contribution in [-0.2, 0) is 0 Å². The Bertz CT molecular complexity index is 686. The number of phenols is 1. The molecule has 7 heteroatoms. The molecule has 2 rings (SSSR count). The van der Waals surface area contributed by atoms with Crippen molar-refractivity contribution >= 4 is 35.0 Å². The molecule has 4 N–H and O–H groups in total. The van der Waals surface area contributed by atoms with Crippen LogP contribution in [0.2, 0.25) is 5.02 Å². The van der Waals surface area contributed by atoms with Crippen molar-refractivity contribution in [2.75, 3.05) is 10.6 Å². The predicted octanol–water partition coefficient (Wildman–Crippen LogP) is 3.39. The van der Waals surface area contributed by atoms with Crippen LogP contribution in [0, 0.1) is 0 Å². The number of amides is 2. The zero-order chi connectivity index (χ0) is 15.4. The Hall–Kier alpha value is -2.73. The van der Waals surface area contributed by atoms with Gasteiger partial charge in [-0.15, -0.1) is 0 Å². The normalized spacial score (nSPS) is 9.95. The van der Waals surface area contributed by atoms with Crippen LogP contribution in [0.1, 0.15) is 10.4 Å². The fourth-order valence-corrected chi connectivity index (χ4v) is 1.76. The summed E-state index contributed by atoms with van der Waals surface area (Å²) in [4.78, 5) is 22.7. The molecule has 2 aromatic carbocycles. The number of nitrogens with one attached hydrogen (secondary N) is 2. The van der Waals surface area contributed by atoms with Crippen molar-refractivity contribution in [3.8, 4) is 5.75 Å². The molecule has 0 bridgehead atoms. The molecule has 0 fully saturated rings. The van der Waals surface area contributed by atoms with Gasteiger partial charge in [0.15, 0.2) is 5.75 Å². The van der Waals surface area contributed by atoms with E-state index in [0.717, 1.165) is 0 Å². The summed E-state index contributed by atoms with van der Waals surface area (Å²) < 4.78 is 0. The molecule has 0 radical (unpaired) electrons. The first-order chi connectivity index (χ1) is 9.97. The number of halogens is 1. The highest BCUT2D eigenvalue weighted by Crippen LogP contribution is 2.27. The summed E-state index contributed by atoms with van der Waals surface area (Å²) in [5, 5.41) is 24.1. The molecule has 0 aliphatic heterocycles. The van der Waals surface area contributed by atoms with E-state index in [9.17, 15) is 14.7 Å². The number of aromatic carboxylic acids is 1. The number of rotatable bonds is 3. The SMILES string of the molecule is O=C(Nc1ccc(Cl)cc1)Nc1cccc(C(=O)O)c1O. The van der Waals surface area contributed by atoms with E-state index in [2.05, 4.69) is 10.6 Å². The molecule has 0 spiro atoms. The Morgan fingerprint density at radius 3 is 2.29 bits per heavy atom. The third-order valence-electron chi connectivity index (χ3n) is 2.62. The molecule has 2 aromatic rings. The van der Waals surface area contributed by atoms with E-state index < -0.39 is 17.7 Å². The van der Waals surface area contributed by atoms with Crippen molar-refractivity contribution in [3.63, 3.8) is 0 Å². The molecule has 2 amide bonds. The molecule has 108 valence electrons. The Morgan fingerprint density at radius 2 is 1.67 bits per heavy atom. The molecule has 0 atom stereocenters. The van der Waals surface area contributed by atoms with Crippen LogP contribution in [-0.4, -0.2) is 22.2 Å². The van der Waals surface area contributed by atoms with Gasteiger partial charge in [0.05, 0.1) is 5.69 Å². The van der Waals surface area contributed by atoms with Crippen molar-refractivity contribution in [2.45, 2.75) is 0 Å². The number of anilines is 2. The minimum absolute atomic E-state index is 0.00126. The van der Waals surface area contributed by atoms with Crippen LogP contribution >= 0.6 is 11.6 Å². The quantitative estimate of drug-likeness (QED) is 0.653. The number of aromatic hydroxyl groups is 1. The van der Waals surface area contributed by atoms with Gasteiger partial charge < -0.3 is 20.8 Å². The highest BCUT2D eigenvalue weighted by molar-refractivity contribution is 6.30. The van der Waals surface area contributed by atoms with E-state index in [1.54, 1.807) is 24.3 Å². The first kappa shape index (κ1) is 14.7. The van der Waals surface area contributed by atoms with E-state index in [0.29, 0.717) is 10.7 Å². The summed E-state index contributed by atoms with van der Waals surface area (Å²) in [5.41, 5.74) is 0.214. The number of carbonyl (C=O) groups excluding carboxylic acids is 1. The third-order valence-corrected chi connectivity index (χ3v) is 2.87. The van der Waals surface area contributed by atoms with Gasteiger partial charge in [-0.1, -0.05) is 17.7 Å². The largest absolute Gasteiger partial charge is 0.505 e. The molecule has 0 saturated heterocycles. The fraction of sp³-hybridized carbons (Fsp3) is 0. The number of hydrogen-bond acceptors (Lipinski definition) is 3. The van der Waals surface area contributed by atoms with Gasteiger partial charge in [-0.2, -0.15) is 0 Å². The summed E-state index contributed by atoms with van der Waals surface area (Å²) >= 11 is 5.73. The Balaban J connectivity index is 2.11. The number of carboxylic acid groups (broad SMARTS) is 1. The maximum atomic E-state index is 11.8. The smallest absolute Gasteiger partial charge is 0.339 e. The van der Waals surface area contributed by atoms with Gasteiger partial charge in [0.2, 0.25) is 0 Å². The standard InChI is InChI=1S/C14H11ClN2O4/c15-8-4-6-9(7-5-8)16-14(21)17-11-3-1-2-10(12(11)18)13(19)20/h1-7,18H,(H,19,20)(H2,16,17,21). The molecule has 0 heterocycles. The predicted molar refractivity (Wildman–Crippen MR) is 79.2 cm³/mol. The van der Waals surface area contributed by atoms with Crippen LogP contribution in [0.15, 0.2) is 42.5 Å². The molecule has 0 aromatic heterocycles. The van der Waals surface area contributed by atoms with Crippen LogP contribution in [0.5, 0.6) is 5.75 Å². The van der Waals surface area contributed by atoms with Crippen molar-refractivity contribution in [2.24, 2.45) is 0 Å². The zero-order valence-electron chi connectivity index (χ0n) is 10.6. The number of benzene rings is 2. The van der Waals surface area contributed by atoms with Gasteiger partial charge in [0.25, 0.3) is 0 Å². The Morgan fingerprint density at radius 1 is 1.00 bits per heavy atom. The number of carbonyl (C=O) groups is 2. The average Bonchev–Trinajstić information content (AvgIpc) is 2.43. The lowest BCUT2D eigenvalue weighted by Crippen LogP contribution is -2.19. The first-order valence-corrected chi connectivity index (χ1v) is 6.24. The van der Waals surface area contributed by atoms with Crippen LogP contribution in [0.4, 0.5) is 16.2 Å². The van der Waals surface area contributed by atoms with Gasteiger partial charge in [-0.3, -0.25) is 0 Å². The van der Waals surface area contributed by atoms with Gasteiger partial charge >= 0.3 is 12.0 Å². The van der Waals surface area contributed by atoms with E-state index in [4.69, 9.17) is 16.7 Å². The molecule has 21 heavy (non-hydrogen) atoms. The van der Waals surface area contributed by atoms with E-state index in [-0.39, 0.29) is 11.3 Å². The fourth-order valence-electron chi connectivity index (χ4n) is 1.63. The second kappa shape index (κ2) is 6.15. The number of urea groups is 1. The van der Waals surface area contributed by atoms with Gasteiger partial charge in [0, 0.05) is 10.7 Å². The van der Waals surface area contributed by atoms with Crippen molar-refractivity contribution in [1.29, 1.82) is 0 Å². The molecule has 0 unspecified atom stereocenters. The summed E-state index contributed by atoms with van der Waals surface area (Å²) in [6.45, 7) is 0. The summed E-state index contributed by atoms with van der Waals surface area (Å²) in [6.07, 6.45) is 0. The lowest BCUT2D eigenvalue weighted by atomic mass is 10.1. The van der Waals surface area contributed by atoms with Crippen molar-refractivity contribution in [1.82, 2.24) is 0 Å². The lowest BCUT2D eigenvalue weighted by molar-refractivity contribution is 0.0694. The molecular formula is C14H11ClN2O4. The second-order valence-corrected chi connectivity index (χ2v) is 4.53. The summed E-state index contributed by atoms with van der Waals surface area (Å²) in [7, 11) is 0. The van der Waals surface area contributed by atoms with Crippen molar-refractivity contribution < 1.29 is 19.8 Å². The average molecular weight is 307 g/mol. The Labute approximate surface area is 125 Å². The maximum Gasteiger partial charge on any atom is 0.339 e. The second-order valence-electron chi connectivity index (χ2n) is 4.09. The molecule has 0 saturated carbocycles. The topological polar surface area (TPSA) is 98.7 Å². The third kappa shape index (κ3) is 3.64. The number of carboxylic acids is 1. The summed E-state index contributed by atoms with van der Waals surface area (Å²) in [6, 6.07) is 9.87. The lowest BCUT2D eigenvalue weighted by Gasteiger charge is -2.10. The first-order valence-electron chi connectivity index (χ1n) is 5.86. The highest BCUT2D eigenvalue weighted by Gasteiger charge is 2.14. The molecule has 0 aliphatic carbocycles. The van der Waals surface area contributed by atoms with Crippen LogP contribution in [0.25, 0.3) is 0 Å². The Kier molecular flexibility index (Phi) is 4.30. The summed E-state index contributed by atoms with van der Waals surface area (Å²) in [5.74, 6) is -1.79. The zero-order valence-corrected chi connectivity index (χ0v) is 11.4. The maximum absolute atomic E-state index is 11.8. The minimum Gasteiger partial charge on any atom is -0.505 e. The van der Waals surface area contributed by atoms with E-state index in [1.807, 2.05) is 0 Å².